The maximum Gasteiger partial charge on any atom is 0.272 e. The second-order valence-corrected chi connectivity index (χ2v) is 7.73. The van der Waals surface area contributed by atoms with E-state index in [2.05, 4.69) is 15.1 Å². The number of amides is 1. The van der Waals surface area contributed by atoms with E-state index in [1.54, 1.807) is 12.3 Å². The summed E-state index contributed by atoms with van der Waals surface area (Å²) < 4.78 is 16.7. The normalized spacial score (nSPS) is 20.7. The van der Waals surface area contributed by atoms with Gasteiger partial charge in [0.15, 0.2) is 5.82 Å². The van der Waals surface area contributed by atoms with Crippen LogP contribution in [-0.4, -0.2) is 65.4 Å². The van der Waals surface area contributed by atoms with Gasteiger partial charge in [-0.05, 0) is 43.7 Å². The third kappa shape index (κ3) is 5.39. The quantitative estimate of drug-likeness (QED) is 0.660. The van der Waals surface area contributed by atoms with Gasteiger partial charge in [-0.25, -0.2) is 0 Å². The molecule has 8 heteroatoms. The van der Waals surface area contributed by atoms with Gasteiger partial charge in [0.1, 0.15) is 5.69 Å². The zero-order chi connectivity index (χ0) is 19.9. The molecule has 0 spiro atoms. The number of likely N-dealkylation sites (tertiary alicyclic amines) is 1. The molecule has 2 aliphatic rings. The van der Waals surface area contributed by atoms with Crippen molar-refractivity contribution in [1.29, 1.82) is 0 Å². The Kier molecular flexibility index (Phi) is 6.84. The van der Waals surface area contributed by atoms with Crippen molar-refractivity contribution in [2.24, 2.45) is 5.92 Å². The molecule has 4 heterocycles. The topological polar surface area (TPSA) is 90.6 Å². The van der Waals surface area contributed by atoms with Crippen LogP contribution in [0.1, 0.15) is 53.8 Å². The second kappa shape index (κ2) is 9.93. The van der Waals surface area contributed by atoms with Crippen molar-refractivity contribution in [3.05, 3.63) is 41.8 Å². The zero-order valence-corrected chi connectivity index (χ0v) is 16.7. The number of nitrogens with zero attached hydrogens (tertiary/aromatic N) is 4. The summed E-state index contributed by atoms with van der Waals surface area (Å²) in [5.41, 5.74) is 0.473. The van der Waals surface area contributed by atoms with Crippen LogP contribution in [0.15, 0.2) is 28.9 Å². The van der Waals surface area contributed by atoms with E-state index in [0.717, 1.165) is 52.0 Å². The molecule has 1 amide bonds. The molecule has 0 radical (unpaired) electrons. The van der Waals surface area contributed by atoms with E-state index < -0.39 is 0 Å². The first-order valence-electron chi connectivity index (χ1n) is 10.5. The van der Waals surface area contributed by atoms with Crippen LogP contribution in [0.4, 0.5) is 0 Å². The lowest BCUT2D eigenvalue weighted by atomic mass is 9.97. The van der Waals surface area contributed by atoms with Gasteiger partial charge in [0.2, 0.25) is 5.89 Å². The number of aromatic nitrogens is 3. The molecule has 1 atom stereocenters. The van der Waals surface area contributed by atoms with E-state index in [9.17, 15) is 4.79 Å². The largest absolute Gasteiger partial charge is 0.381 e. The first-order valence-corrected chi connectivity index (χ1v) is 10.5. The highest BCUT2D eigenvalue weighted by atomic mass is 16.5. The first-order chi connectivity index (χ1) is 14.3. The molecule has 2 fully saturated rings. The van der Waals surface area contributed by atoms with Crippen molar-refractivity contribution in [3.8, 4) is 0 Å². The third-order valence-corrected chi connectivity index (χ3v) is 5.59. The van der Waals surface area contributed by atoms with Crippen molar-refractivity contribution in [3.63, 3.8) is 0 Å². The number of carbonyl (C=O) groups excluding carboxylic acids is 1. The van der Waals surface area contributed by atoms with Gasteiger partial charge in [-0.15, -0.1) is 0 Å². The minimum atomic E-state index is -0.0449. The lowest BCUT2D eigenvalue weighted by molar-refractivity contribution is 0.0211. The molecule has 0 aliphatic carbocycles. The molecule has 0 saturated carbocycles. The minimum Gasteiger partial charge on any atom is -0.381 e. The van der Waals surface area contributed by atoms with Gasteiger partial charge in [-0.3, -0.25) is 9.78 Å². The third-order valence-electron chi connectivity index (χ3n) is 5.59. The van der Waals surface area contributed by atoms with E-state index >= 15 is 0 Å². The van der Waals surface area contributed by atoms with Crippen LogP contribution < -0.4 is 0 Å². The molecule has 1 unspecified atom stereocenters. The van der Waals surface area contributed by atoms with Crippen LogP contribution in [0.3, 0.4) is 0 Å². The van der Waals surface area contributed by atoms with Crippen molar-refractivity contribution >= 4 is 5.91 Å². The zero-order valence-electron chi connectivity index (χ0n) is 16.7. The maximum absolute atomic E-state index is 12.7. The summed E-state index contributed by atoms with van der Waals surface area (Å²) in [5.74, 6) is 1.90. The Labute approximate surface area is 170 Å². The van der Waals surface area contributed by atoms with Gasteiger partial charge in [0, 0.05) is 45.5 Å². The van der Waals surface area contributed by atoms with Gasteiger partial charge in [-0.2, -0.15) is 4.98 Å². The minimum absolute atomic E-state index is 0.0449. The number of hydrogen-bond donors (Lipinski definition) is 0. The monoisotopic (exact) mass is 400 g/mol. The van der Waals surface area contributed by atoms with Crippen molar-refractivity contribution in [2.45, 2.75) is 38.0 Å². The SMILES string of the molecule is O=C(c1ccccn1)N1CCCC(c2nc(CCOCC3CCOCC3)no2)C1. The summed E-state index contributed by atoms with van der Waals surface area (Å²) in [4.78, 5) is 23.2. The first kappa shape index (κ1) is 20.0. The number of piperidine rings is 1. The lowest BCUT2D eigenvalue weighted by Gasteiger charge is -2.30. The van der Waals surface area contributed by atoms with Gasteiger partial charge in [0.05, 0.1) is 12.5 Å². The van der Waals surface area contributed by atoms with E-state index in [0.29, 0.717) is 42.9 Å². The summed E-state index contributed by atoms with van der Waals surface area (Å²) in [6.45, 7) is 4.34. The fraction of sp³-hybridized carbons (Fsp3) is 0.619. The Morgan fingerprint density at radius 3 is 2.97 bits per heavy atom. The van der Waals surface area contributed by atoms with E-state index in [1.807, 2.05) is 17.0 Å². The molecule has 0 bridgehead atoms. The molecule has 4 rings (SSSR count). The van der Waals surface area contributed by atoms with E-state index in [4.69, 9.17) is 14.0 Å². The Balaban J connectivity index is 1.25. The predicted molar refractivity (Wildman–Crippen MR) is 104 cm³/mol. The average Bonchev–Trinajstić information content (AvgIpc) is 3.27. The van der Waals surface area contributed by atoms with Crippen LogP contribution in [0.25, 0.3) is 0 Å². The summed E-state index contributed by atoms with van der Waals surface area (Å²) in [6, 6.07) is 5.39. The molecule has 2 aliphatic heterocycles. The van der Waals surface area contributed by atoms with Crippen LogP contribution >= 0.6 is 0 Å². The highest BCUT2D eigenvalue weighted by molar-refractivity contribution is 5.92. The molecular weight excluding hydrogens is 372 g/mol. The second-order valence-electron chi connectivity index (χ2n) is 7.73. The maximum atomic E-state index is 12.7. The van der Waals surface area contributed by atoms with Crippen molar-refractivity contribution < 1.29 is 18.8 Å². The number of pyridine rings is 1. The highest BCUT2D eigenvalue weighted by Gasteiger charge is 2.29. The predicted octanol–water partition coefficient (Wildman–Crippen LogP) is 2.47. The molecular formula is C21H28N4O4. The fourth-order valence-electron chi connectivity index (χ4n) is 3.88. The van der Waals surface area contributed by atoms with Gasteiger partial charge in [0.25, 0.3) is 5.91 Å². The standard InChI is InChI=1S/C21H28N4O4/c26-21(18-5-1-2-9-22-18)25-10-3-4-17(14-25)20-23-19(24-29-20)8-13-28-15-16-6-11-27-12-7-16/h1-2,5,9,16-17H,3-4,6-8,10-15H2. The molecule has 0 N–H and O–H groups in total. The number of hydrogen-bond acceptors (Lipinski definition) is 7. The number of carbonyl (C=O) groups is 1. The molecule has 2 aromatic heterocycles. The van der Waals surface area contributed by atoms with E-state index in [-0.39, 0.29) is 11.8 Å². The smallest absolute Gasteiger partial charge is 0.272 e. The Bertz CT molecular complexity index is 776. The Hall–Kier alpha value is -2.32. The summed E-state index contributed by atoms with van der Waals surface area (Å²) in [5, 5.41) is 4.10. The Morgan fingerprint density at radius 2 is 2.14 bits per heavy atom. The Morgan fingerprint density at radius 1 is 1.24 bits per heavy atom. The average molecular weight is 400 g/mol. The fourth-order valence-corrected chi connectivity index (χ4v) is 3.88. The van der Waals surface area contributed by atoms with Crippen molar-refractivity contribution in [2.75, 3.05) is 39.5 Å². The van der Waals surface area contributed by atoms with Crippen LogP contribution in [0.5, 0.6) is 0 Å². The molecule has 2 aromatic rings. The summed E-state index contributed by atoms with van der Waals surface area (Å²) in [6.07, 6.45) is 6.27. The summed E-state index contributed by atoms with van der Waals surface area (Å²) in [7, 11) is 0. The summed E-state index contributed by atoms with van der Waals surface area (Å²) >= 11 is 0. The molecule has 2 saturated heterocycles. The number of ether oxygens (including phenoxy) is 2. The molecule has 0 aromatic carbocycles. The van der Waals surface area contributed by atoms with E-state index in [1.165, 1.54) is 0 Å². The highest BCUT2D eigenvalue weighted by Crippen LogP contribution is 2.26. The molecule has 29 heavy (non-hydrogen) atoms. The molecule has 8 nitrogen and oxygen atoms in total. The van der Waals surface area contributed by atoms with Crippen LogP contribution in [0.2, 0.25) is 0 Å². The van der Waals surface area contributed by atoms with Gasteiger partial charge >= 0.3 is 0 Å². The van der Waals surface area contributed by atoms with Crippen LogP contribution in [0, 0.1) is 5.92 Å². The van der Waals surface area contributed by atoms with Gasteiger partial charge < -0.3 is 18.9 Å². The molecule has 156 valence electrons. The van der Waals surface area contributed by atoms with Crippen molar-refractivity contribution in [1.82, 2.24) is 20.0 Å². The lowest BCUT2D eigenvalue weighted by Crippen LogP contribution is -2.39. The van der Waals surface area contributed by atoms with Gasteiger partial charge in [-0.1, -0.05) is 11.2 Å². The van der Waals surface area contributed by atoms with Crippen LogP contribution in [-0.2, 0) is 15.9 Å². The number of rotatable bonds is 7.